The highest BCUT2D eigenvalue weighted by atomic mass is 16.5. The van der Waals surface area contributed by atoms with E-state index < -0.39 is 0 Å². The van der Waals surface area contributed by atoms with E-state index in [-0.39, 0.29) is 12.0 Å². The van der Waals surface area contributed by atoms with Gasteiger partial charge >= 0.3 is 0 Å². The van der Waals surface area contributed by atoms with E-state index in [2.05, 4.69) is 10.2 Å². The number of hydrogen-bond acceptors (Lipinski definition) is 5. The summed E-state index contributed by atoms with van der Waals surface area (Å²) in [5, 5.41) is 7.70. The first-order valence-electron chi connectivity index (χ1n) is 7.60. The number of rotatable bonds is 5. The molecule has 23 heavy (non-hydrogen) atoms. The number of carbonyl (C=O) groups excluding carboxylic acids is 1. The monoisotopic (exact) mass is 313 g/mol. The predicted octanol–water partition coefficient (Wildman–Crippen LogP) is 1.71. The third-order valence-corrected chi connectivity index (χ3v) is 3.87. The average molecular weight is 313 g/mol. The zero-order valence-electron chi connectivity index (χ0n) is 13.0. The van der Waals surface area contributed by atoms with Crippen LogP contribution in [0.5, 0.6) is 11.6 Å². The van der Waals surface area contributed by atoms with Gasteiger partial charge in [0.25, 0.3) is 0 Å². The zero-order chi connectivity index (χ0) is 16.1. The van der Waals surface area contributed by atoms with Crippen LogP contribution in [0.25, 0.3) is 0 Å². The Morgan fingerprint density at radius 2 is 2.17 bits per heavy atom. The summed E-state index contributed by atoms with van der Waals surface area (Å²) in [6, 6.07) is 11.1. The second-order valence-electron chi connectivity index (χ2n) is 5.42. The fourth-order valence-electron chi connectivity index (χ4n) is 2.70. The highest BCUT2D eigenvalue weighted by molar-refractivity contribution is 5.79. The molecule has 0 saturated carbocycles. The fourth-order valence-corrected chi connectivity index (χ4v) is 2.70. The van der Waals surface area contributed by atoms with Crippen LogP contribution in [0.4, 0.5) is 0 Å². The van der Waals surface area contributed by atoms with Crippen molar-refractivity contribution in [3.05, 3.63) is 48.2 Å². The molecule has 6 heteroatoms. The van der Waals surface area contributed by atoms with Gasteiger partial charge in [-0.1, -0.05) is 18.2 Å². The quantitative estimate of drug-likeness (QED) is 0.841. The van der Waals surface area contributed by atoms with E-state index in [9.17, 15) is 4.79 Å². The molecule has 1 aromatic heterocycles. The molecule has 1 saturated heterocycles. The number of ether oxygens (including phenoxy) is 2. The second kappa shape index (κ2) is 7.09. The first-order chi connectivity index (χ1) is 11.3. The van der Waals surface area contributed by atoms with Gasteiger partial charge in [0.15, 0.2) is 0 Å². The minimum absolute atomic E-state index is 0.0340. The number of para-hydroxylation sites is 1. The minimum Gasteiger partial charge on any atom is -0.496 e. The molecular weight excluding hydrogens is 294 g/mol. The van der Waals surface area contributed by atoms with Crippen molar-refractivity contribution in [3.8, 4) is 11.6 Å². The summed E-state index contributed by atoms with van der Waals surface area (Å²) in [7, 11) is 1.62. The van der Waals surface area contributed by atoms with Gasteiger partial charge in [-0.2, -0.15) is 5.10 Å². The van der Waals surface area contributed by atoms with Crippen molar-refractivity contribution in [2.45, 2.75) is 18.9 Å². The lowest BCUT2D eigenvalue weighted by molar-refractivity contribution is -0.129. The summed E-state index contributed by atoms with van der Waals surface area (Å²) >= 11 is 0. The van der Waals surface area contributed by atoms with Gasteiger partial charge in [-0.25, -0.2) is 0 Å². The maximum Gasteiger partial charge on any atom is 0.233 e. The second-order valence-corrected chi connectivity index (χ2v) is 5.42. The van der Waals surface area contributed by atoms with Crippen LogP contribution >= 0.6 is 0 Å². The molecule has 0 radical (unpaired) electrons. The summed E-state index contributed by atoms with van der Waals surface area (Å²) in [5.41, 5.74) is 0.901. The van der Waals surface area contributed by atoms with Crippen LogP contribution < -0.4 is 9.47 Å². The van der Waals surface area contributed by atoms with Crippen LogP contribution in [-0.4, -0.2) is 47.3 Å². The Kier molecular flexibility index (Phi) is 4.71. The van der Waals surface area contributed by atoms with Gasteiger partial charge in [0.1, 0.15) is 11.9 Å². The first kappa shape index (κ1) is 15.3. The van der Waals surface area contributed by atoms with Crippen LogP contribution in [0.1, 0.15) is 12.0 Å². The molecule has 1 unspecified atom stereocenters. The van der Waals surface area contributed by atoms with Crippen molar-refractivity contribution in [2.75, 3.05) is 20.2 Å². The number of hydrogen-bond donors (Lipinski definition) is 0. The van der Waals surface area contributed by atoms with Gasteiger partial charge in [0.05, 0.1) is 20.1 Å². The van der Waals surface area contributed by atoms with E-state index in [1.54, 1.807) is 25.4 Å². The Balaban J connectivity index is 1.57. The Morgan fingerprint density at radius 1 is 1.30 bits per heavy atom. The van der Waals surface area contributed by atoms with Crippen LogP contribution in [-0.2, 0) is 11.2 Å². The largest absolute Gasteiger partial charge is 0.496 e. The number of benzene rings is 1. The van der Waals surface area contributed by atoms with Gasteiger partial charge in [0, 0.05) is 30.8 Å². The van der Waals surface area contributed by atoms with E-state index in [0.29, 0.717) is 25.4 Å². The van der Waals surface area contributed by atoms with Gasteiger partial charge in [-0.05, 0) is 12.1 Å². The molecule has 0 aliphatic carbocycles. The number of nitrogens with zero attached hydrogens (tertiary/aromatic N) is 3. The van der Waals surface area contributed by atoms with Crippen molar-refractivity contribution in [1.29, 1.82) is 0 Å². The van der Waals surface area contributed by atoms with Gasteiger partial charge in [0.2, 0.25) is 11.8 Å². The number of likely N-dealkylation sites (tertiary alicyclic amines) is 1. The van der Waals surface area contributed by atoms with Crippen molar-refractivity contribution >= 4 is 5.91 Å². The summed E-state index contributed by atoms with van der Waals surface area (Å²) in [5.74, 6) is 1.32. The zero-order valence-corrected chi connectivity index (χ0v) is 13.0. The van der Waals surface area contributed by atoms with Crippen molar-refractivity contribution in [1.82, 2.24) is 15.1 Å². The molecule has 1 fully saturated rings. The molecule has 0 spiro atoms. The van der Waals surface area contributed by atoms with Crippen molar-refractivity contribution in [3.63, 3.8) is 0 Å². The lowest BCUT2D eigenvalue weighted by Gasteiger charge is -2.17. The molecule has 1 atom stereocenters. The highest BCUT2D eigenvalue weighted by Gasteiger charge is 2.28. The maximum absolute atomic E-state index is 12.5. The van der Waals surface area contributed by atoms with Crippen molar-refractivity contribution < 1.29 is 14.3 Å². The molecule has 6 nitrogen and oxygen atoms in total. The molecular formula is C17H19N3O3. The third kappa shape index (κ3) is 3.77. The first-order valence-corrected chi connectivity index (χ1v) is 7.60. The lowest BCUT2D eigenvalue weighted by Crippen LogP contribution is -2.32. The number of carbonyl (C=O) groups is 1. The van der Waals surface area contributed by atoms with Crippen LogP contribution in [0.3, 0.4) is 0 Å². The third-order valence-electron chi connectivity index (χ3n) is 3.87. The van der Waals surface area contributed by atoms with Gasteiger partial charge in [-0.3, -0.25) is 4.79 Å². The number of aromatic nitrogens is 2. The lowest BCUT2D eigenvalue weighted by atomic mass is 10.1. The standard InChI is InChI=1S/C17H19N3O3/c1-22-15-6-3-2-5-13(15)11-17(21)20-10-8-14(12-20)23-16-7-4-9-18-19-16/h2-7,9,14H,8,10-12H2,1H3. The predicted molar refractivity (Wildman–Crippen MR) is 84.3 cm³/mol. The summed E-state index contributed by atoms with van der Waals surface area (Å²) in [6.45, 7) is 1.27. The Morgan fingerprint density at radius 3 is 2.96 bits per heavy atom. The number of methoxy groups -OCH3 is 1. The van der Waals surface area contributed by atoms with E-state index in [4.69, 9.17) is 9.47 Å². The van der Waals surface area contributed by atoms with E-state index in [1.807, 2.05) is 29.2 Å². The van der Waals surface area contributed by atoms with E-state index in [1.165, 1.54) is 0 Å². The topological polar surface area (TPSA) is 64.5 Å². The molecule has 1 aliphatic rings. The molecule has 3 rings (SSSR count). The van der Waals surface area contributed by atoms with Crippen molar-refractivity contribution in [2.24, 2.45) is 0 Å². The molecule has 2 aromatic rings. The smallest absolute Gasteiger partial charge is 0.233 e. The SMILES string of the molecule is COc1ccccc1CC(=O)N1CCC(Oc2cccnn2)C1. The normalized spacial score (nSPS) is 17.1. The molecule has 1 aliphatic heterocycles. The molecule has 2 heterocycles. The number of amides is 1. The molecule has 120 valence electrons. The Labute approximate surface area is 135 Å². The van der Waals surface area contributed by atoms with Gasteiger partial charge < -0.3 is 14.4 Å². The maximum atomic E-state index is 12.5. The molecule has 1 amide bonds. The summed E-state index contributed by atoms with van der Waals surface area (Å²) < 4.78 is 11.1. The Bertz CT molecular complexity index is 663. The summed E-state index contributed by atoms with van der Waals surface area (Å²) in [6.07, 6.45) is 2.70. The fraction of sp³-hybridized carbons (Fsp3) is 0.353. The van der Waals surface area contributed by atoms with Crippen LogP contribution in [0.15, 0.2) is 42.6 Å². The highest BCUT2D eigenvalue weighted by Crippen LogP contribution is 2.21. The molecule has 1 aromatic carbocycles. The Hall–Kier alpha value is -2.63. The van der Waals surface area contributed by atoms with E-state index >= 15 is 0 Å². The van der Waals surface area contributed by atoms with E-state index in [0.717, 1.165) is 17.7 Å². The average Bonchev–Trinajstić information content (AvgIpc) is 3.05. The molecule has 0 N–H and O–H groups in total. The van der Waals surface area contributed by atoms with Gasteiger partial charge in [-0.15, -0.1) is 5.10 Å². The van der Waals surface area contributed by atoms with Crippen LogP contribution in [0.2, 0.25) is 0 Å². The minimum atomic E-state index is -0.0340. The van der Waals surface area contributed by atoms with Crippen LogP contribution in [0, 0.1) is 0 Å². The summed E-state index contributed by atoms with van der Waals surface area (Å²) in [4.78, 5) is 14.3. The molecule has 0 bridgehead atoms.